The van der Waals surface area contributed by atoms with Crippen LogP contribution in [-0.2, 0) is 6.54 Å². The van der Waals surface area contributed by atoms with E-state index < -0.39 is 0 Å². The Balaban J connectivity index is 1.53. The number of aromatic nitrogens is 1. The van der Waals surface area contributed by atoms with Crippen LogP contribution in [0.1, 0.15) is 30.3 Å². The molecule has 4 aromatic rings. The first kappa shape index (κ1) is 20.1. The Kier molecular flexibility index (Phi) is 5.46. The van der Waals surface area contributed by atoms with Gasteiger partial charge >= 0.3 is 0 Å². The van der Waals surface area contributed by atoms with E-state index in [1.807, 2.05) is 66.7 Å². The van der Waals surface area contributed by atoms with E-state index in [2.05, 4.69) is 23.1 Å². The Morgan fingerprint density at radius 2 is 1.69 bits per heavy atom. The second kappa shape index (κ2) is 8.71. The van der Waals surface area contributed by atoms with Crippen molar-refractivity contribution in [3.63, 3.8) is 0 Å². The van der Waals surface area contributed by atoms with Crippen molar-refractivity contribution in [1.82, 2.24) is 9.88 Å². The summed E-state index contributed by atoms with van der Waals surface area (Å²) in [7, 11) is 1.67. The highest BCUT2D eigenvalue weighted by Crippen LogP contribution is 2.39. The molecule has 5 heteroatoms. The van der Waals surface area contributed by atoms with Crippen molar-refractivity contribution >= 4 is 5.84 Å². The summed E-state index contributed by atoms with van der Waals surface area (Å²) in [5, 5.41) is 8.55. The molecule has 5 rings (SSSR count). The molecule has 0 saturated carbocycles. The normalized spacial score (nSPS) is 15.8. The van der Waals surface area contributed by atoms with E-state index in [1.54, 1.807) is 7.11 Å². The van der Waals surface area contributed by atoms with Gasteiger partial charge in [0.1, 0.15) is 17.5 Å². The number of oxazole rings is 1. The number of hydrogen-bond donors (Lipinski definition) is 1. The van der Waals surface area contributed by atoms with E-state index in [4.69, 9.17) is 19.5 Å². The average Bonchev–Trinajstić information content (AvgIpc) is 3.44. The fraction of sp³-hybridized carbons (Fsp3) is 0.185. The Hall–Kier alpha value is -3.86. The first-order valence-corrected chi connectivity index (χ1v) is 10.8. The Bertz CT molecular complexity index is 1160. The number of nitrogens with zero attached hydrogens (tertiary/aromatic N) is 2. The number of benzene rings is 3. The molecule has 1 atom stereocenters. The minimum absolute atomic E-state index is 0.0753. The number of hydrogen-bond acceptors (Lipinski definition) is 4. The summed E-state index contributed by atoms with van der Waals surface area (Å²) in [5.41, 5.74) is 3.96. The molecule has 1 aliphatic heterocycles. The SMILES string of the molecule is COc1cccc(CN2C(=N)CCC2c2nc(-c3ccccc3)c(-c3ccccc3)o2)c1. The van der Waals surface area contributed by atoms with Gasteiger partial charge in [-0.1, -0.05) is 72.8 Å². The van der Waals surface area contributed by atoms with Gasteiger partial charge in [0.25, 0.3) is 0 Å². The topological polar surface area (TPSA) is 62.4 Å². The fourth-order valence-electron chi connectivity index (χ4n) is 4.25. The summed E-state index contributed by atoms with van der Waals surface area (Å²) in [6, 6.07) is 28.1. The molecule has 0 bridgehead atoms. The summed E-state index contributed by atoms with van der Waals surface area (Å²) in [6.07, 6.45) is 1.52. The minimum atomic E-state index is -0.0753. The number of methoxy groups -OCH3 is 1. The quantitative estimate of drug-likeness (QED) is 0.393. The highest BCUT2D eigenvalue weighted by molar-refractivity contribution is 5.82. The largest absolute Gasteiger partial charge is 0.497 e. The van der Waals surface area contributed by atoms with Gasteiger partial charge in [-0.15, -0.1) is 0 Å². The van der Waals surface area contributed by atoms with Crippen LogP contribution in [0, 0.1) is 5.41 Å². The zero-order valence-electron chi connectivity index (χ0n) is 18.0. The van der Waals surface area contributed by atoms with E-state index >= 15 is 0 Å². The molecule has 1 saturated heterocycles. The maximum atomic E-state index is 8.55. The Labute approximate surface area is 187 Å². The van der Waals surface area contributed by atoms with Crippen LogP contribution in [-0.4, -0.2) is 22.8 Å². The van der Waals surface area contributed by atoms with E-state index in [0.717, 1.165) is 40.3 Å². The van der Waals surface area contributed by atoms with Gasteiger partial charge in [0.15, 0.2) is 5.76 Å². The monoisotopic (exact) mass is 423 g/mol. The molecule has 3 aromatic carbocycles. The lowest BCUT2D eigenvalue weighted by Gasteiger charge is -2.24. The summed E-state index contributed by atoms with van der Waals surface area (Å²) < 4.78 is 11.8. The number of likely N-dealkylation sites (tertiary alicyclic amines) is 1. The van der Waals surface area contributed by atoms with E-state index in [0.29, 0.717) is 24.7 Å². The molecule has 0 aliphatic carbocycles. The van der Waals surface area contributed by atoms with Crippen LogP contribution in [0.15, 0.2) is 89.3 Å². The zero-order chi connectivity index (χ0) is 21.9. The van der Waals surface area contributed by atoms with Gasteiger partial charge in [-0.25, -0.2) is 4.98 Å². The molecule has 160 valence electrons. The number of amidine groups is 1. The maximum absolute atomic E-state index is 8.55. The van der Waals surface area contributed by atoms with E-state index in [1.165, 1.54) is 0 Å². The lowest BCUT2D eigenvalue weighted by atomic mass is 10.1. The first-order valence-electron chi connectivity index (χ1n) is 10.8. The van der Waals surface area contributed by atoms with Crippen LogP contribution in [0.2, 0.25) is 0 Å². The number of rotatable bonds is 6. The molecule has 1 aliphatic rings. The van der Waals surface area contributed by atoms with Crippen LogP contribution >= 0.6 is 0 Å². The second-order valence-corrected chi connectivity index (χ2v) is 7.94. The third-order valence-electron chi connectivity index (χ3n) is 5.88. The Morgan fingerprint density at radius 1 is 0.969 bits per heavy atom. The lowest BCUT2D eigenvalue weighted by Crippen LogP contribution is -2.27. The van der Waals surface area contributed by atoms with Gasteiger partial charge < -0.3 is 14.1 Å². The third kappa shape index (κ3) is 3.89. The summed E-state index contributed by atoms with van der Waals surface area (Å²) >= 11 is 0. The smallest absolute Gasteiger partial charge is 0.218 e. The second-order valence-electron chi connectivity index (χ2n) is 7.94. The molecule has 1 N–H and O–H groups in total. The highest BCUT2D eigenvalue weighted by atomic mass is 16.5. The molecule has 1 fully saturated rings. The molecule has 1 aromatic heterocycles. The molecule has 0 amide bonds. The predicted molar refractivity (Wildman–Crippen MR) is 126 cm³/mol. The standard InChI is InChI=1S/C27H25N3O2/c1-31-22-14-8-9-19(17-22)18-30-23(15-16-24(30)28)27-29-25(20-10-4-2-5-11-20)26(32-27)21-12-6-3-7-13-21/h2-14,17,23,28H,15-16,18H2,1H3. The molecule has 2 heterocycles. The average molecular weight is 424 g/mol. The summed E-state index contributed by atoms with van der Waals surface area (Å²) in [6.45, 7) is 0.615. The van der Waals surface area contributed by atoms with E-state index in [9.17, 15) is 0 Å². The number of nitrogens with one attached hydrogen (secondary N) is 1. The third-order valence-corrected chi connectivity index (χ3v) is 5.88. The van der Waals surface area contributed by atoms with Gasteiger partial charge in [0, 0.05) is 24.1 Å². The Morgan fingerprint density at radius 3 is 2.41 bits per heavy atom. The van der Waals surface area contributed by atoms with Crippen molar-refractivity contribution in [2.45, 2.75) is 25.4 Å². The molecule has 0 radical (unpaired) electrons. The minimum Gasteiger partial charge on any atom is -0.497 e. The molecule has 0 spiro atoms. The van der Waals surface area contributed by atoms with Crippen molar-refractivity contribution in [2.75, 3.05) is 7.11 Å². The summed E-state index contributed by atoms with van der Waals surface area (Å²) in [5.74, 6) is 2.86. The maximum Gasteiger partial charge on any atom is 0.218 e. The lowest BCUT2D eigenvalue weighted by molar-refractivity contribution is 0.281. The molecule has 32 heavy (non-hydrogen) atoms. The van der Waals surface area contributed by atoms with Crippen molar-refractivity contribution in [1.29, 1.82) is 5.41 Å². The molecule has 1 unspecified atom stereocenters. The first-order chi connectivity index (χ1) is 15.7. The molecular weight excluding hydrogens is 398 g/mol. The van der Waals surface area contributed by atoms with Crippen molar-refractivity contribution in [3.05, 3.63) is 96.4 Å². The van der Waals surface area contributed by atoms with Gasteiger partial charge in [-0.05, 0) is 24.1 Å². The van der Waals surface area contributed by atoms with Crippen LogP contribution in [0.5, 0.6) is 5.75 Å². The van der Waals surface area contributed by atoms with Crippen LogP contribution in [0.3, 0.4) is 0 Å². The van der Waals surface area contributed by atoms with Crippen molar-refractivity contribution in [2.24, 2.45) is 0 Å². The van der Waals surface area contributed by atoms with Crippen LogP contribution < -0.4 is 4.74 Å². The van der Waals surface area contributed by atoms with E-state index in [-0.39, 0.29) is 6.04 Å². The summed E-state index contributed by atoms with van der Waals surface area (Å²) in [4.78, 5) is 7.06. The fourth-order valence-corrected chi connectivity index (χ4v) is 4.25. The van der Waals surface area contributed by atoms with Crippen LogP contribution in [0.25, 0.3) is 22.6 Å². The molecule has 5 nitrogen and oxygen atoms in total. The van der Waals surface area contributed by atoms with Gasteiger partial charge in [-0.2, -0.15) is 0 Å². The predicted octanol–water partition coefficient (Wildman–Crippen LogP) is 6.33. The van der Waals surface area contributed by atoms with Crippen molar-refractivity contribution in [3.8, 4) is 28.3 Å². The molecular formula is C27H25N3O2. The zero-order valence-corrected chi connectivity index (χ0v) is 18.0. The van der Waals surface area contributed by atoms with Gasteiger partial charge in [-0.3, -0.25) is 5.41 Å². The van der Waals surface area contributed by atoms with Gasteiger partial charge in [0.05, 0.1) is 12.9 Å². The number of ether oxygens (including phenoxy) is 1. The van der Waals surface area contributed by atoms with Crippen LogP contribution in [0.4, 0.5) is 0 Å². The van der Waals surface area contributed by atoms with Gasteiger partial charge in [0.2, 0.25) is 5.89 Å². The highest BCUT2D eigenvalue weighted by Gasteiger charge is 2.34. The van der Waals surface area contributed by atoms with Crippen molar-refractivity contribution < 1.29 is 9.15 Å².